The van der Waals surface area contributed by atoms with E-state index in [2.05, 4.69) is 46.4 Å². The molecule has 4 aliphatic carbocycles. The molecular formula is C31H53NO2. The van der Waals surface area contributed by atoms with Gasteiger partial charge in [-0.05, 0) is 117 Å². The monoisotopic (exact) mass is 471 g/mol. The van der Waals surface area contributed by atoms with Crippen molar-refractivity contribution in [1.82, 2.24) is 4.90 Å². The number of ketones is 1. The first kappa shape index (κ1) is 25.2. The van der Waals surface area contributed by atoms with Crippen molar-refractivity contribution >= 4 is 5.78 Å². The quantitative estimate of drug-likeness (QED) is 0.401. The number of hydrogen-bond acceptors (Lipinski definition) is 3. The molecule has 4 saturated carbocycles. The molecule has 0 radical (unpaired) electrons. The van der Waals surface area contributed by atoms with E-state index in [1.165, 1.54) is 64.6 Å². The van der Waals surface area contributed by atoms with Gasteiger partial charge in [0.1, 0.15) is 5.78 Å². The van der Waals surface area contributed by atoms with Crippen LogP contribution in [-0.4, -0.2) is 42.5 Å². The minimum atomic E-state index is 0.422. The normalized spacial score (nSPS) is 48.9. The molecule has 0 aromatic carbocycles. The third-order valence-corrected chi connectivity index (χ3v) is 12.5. The molecule has 5 rings (SSSR count). The van der Waals surface area contributed by atoms with Crippen molar-refractivity contribution in [1.29, 1.82) is 0 Å². The zero-order valence-corrected chi connectivity index (χ0v) is 23.2. The van der Waals surface area contributed by atoms with E-state index in [4.69, 9.17) is 4.74 Å². The predicted octanol–water partition coefficient (Wildman–Crippen LogP) is 6.99. The maximum Gasteiger partial charge on any atom is 0.133 e. The van der Waals surface area contributed by atoms with Gasteiger partial charge in [0.25, 0.3) is 0 Å². The fourth-order valence-corrected chi connectivity index (χ4v) is 10.5. The Balaban J connectivity index is 1.24. The second kappa shape index (κ2) is 9.47. The second-order valence-corrected chi connectivity index (χ2v) is 13.9. The van der Waals surface area contributed by atoms with Gasteiger partial charge in [-0.25, -0.2) is 0 Å². The number of Topliss-reactive ketones (excluding diaryl/α,β-unsaturated/α-hetero) is 1. The lowest BCUT2D eigenvalue weighted by molar-refractivity contribution is -0.140. The lowest BCUT2D eigenvalue weighted by Gasteiger charge is -2.60. The molecule has 1 aliphatic heterocycles. The fourth-order valence-electron chi connectivity index (χ4n) is 10.5. The molecule has 0 aromatic heterocycles. The number of hydrogen-bond donors (Lipinski definition) is 0. The number of carbonyl (C=O) groups excluding carboxylic acids is 1. The highest BCUT2D eigenvalue weighted by Gasteiger charge is 2.65. The van der Waals surface area contributed by atoms with Gasteiger partial charge in [0, 0.05) is 19.4 Å². The highest BCUT2D eigenvalue weighted by molar-refractivity contribution is 5.79. The molecule has 194 valence electrons. The van der Waals surface area contributed by atoms with Gasteiger partial charge in [-0.15, -0.1) is 0 Å². The summed E-state index contributed by atoms with van der Waals surface area (Å²) in [6, 6.07) is 0. The number of fused-ring (bicyclic) bond motifs is 7. The summed E-state index contributed by atoms with van der Waals surface area (Å²) in [6.07, 6.45) is 13.2. The maximum atomic E-state index is 12.2. The maximum absolute atomic E-state index is 12.2. The largest absolute Gasteiger partial charge is 0.374 e. The van der Waals surface area contributed by atoms with Crippen LogP contribution in [0, 0.1) is 52.3 Å². The van der Waals surface area contributed by atoms with Crippen molar-refractivity contribution in [2.45, 2.75) is 118 Å². The zero-order chi connectivity index (χ0) is 24.3. The Morgan fingerprint density at radius 3 is 2.56 bits per heavy atom. The summed E-state index contributed by atoms with van der Waals surface area (Å²) in [7, 11) is 0. The van der Waals surface area contributed by atoms with Crippen molar-refractivity contribution in [3.63, 3.8) is 0 Å². The average molecular weight is 472 g/mol. The summed E-state index contributed by atoms with van der Waals surface area (Å²) in [4.78, 5) is 14.8. The van der Waals surface area contributed by atoms with E-state index >= 15 is 0 Å². The van der Waals surface area contributed by atoms with Crippen molar-refractivity contribution in [3.8, 4) is 0 Å². The Bertz CT molecular complexity index is 748. The van der Waals surface area contributed by atoms with Gasteiger partial charge < -0.3 is 9.64 Å². The molecule has 3 heteroatoms. The predicted molar refractivity (Wildman–Crippen MR) is 140 cm³/mol. The van der Waals surface area contributed by atoms with Gasteiger partial charge in [0.05, 0.1) is 12.2 Å². The van der Waals surface area contributed by atoms with E-state index in [1.54, 1.807) is 0 Å². The molecule has 0 bridgehead atoms. The Morgan fingerprint density at radius 1 is 1.06 bits per heavy atom. The van der Waals surface area contributed by atoms with Crippen LogP contribution in [0.4, 0.5) is 0 Å². The standard InChI is InChI=1S/C31H53NO2/c1-7-32(8-2)19-20(3)9-12-27-21(4)29-28(34-27)18-26-24-11-10-22-17-23(33)13-15-30(22,5)25(24)14-16-31(26,29)6/h20-22,24-29H,7-19H2,1-6H3/t20-,21+,22+,24+,25-,26-,27+,28-,29-,30-,31-/m0/s1. The molecule has 0 amide bonds. The first-order valence-corrected chi connectivity index (χ1v) is 15.1. The van der Waals surface area contributed by atoms with Gasteiger partial charge in [0.15, 0.2) is 0 Å². The smallest absolute Gasteiger partial charge is 0.133 e. The summed E-state index contributed by atoms with van der Waals surface area (Å²) in [5.74, 6) is 6.01. The van der Waals surface area contributed by atoms with E-state index in [0.717, 1.165) is 48.9 Å². The number of ether oxygens (including phenoxy) is 1. The van der Waals surface area contributed by atoms with Crippen molar-refractivity contribution < 1.29 is 9.53 Å². The molecule has 0 aromatic rings. The average Bonchev–Trinajstić information content (AvgIpc) is 3.29. The third-order valence-electron chi connectivity index (χ3n) is 12.5. The Labute approximate surface area is 210 Å². The van der Waals surface area contributed by atoms with Crippen LogP contribution < -0.4 is 0 Å². The van der Waals surface area contributed by atoms with Crippen molar-refractivity contribution in [3.05, 3.63) is 0 Å². The molecule has 1 saturated heterocycles. The molecule has 0 unspecified atom stereocenters. The third kappa shape index (κ3) is 4.04. The summed E-state index contributed by atoms with van der Waals surface area (Å²) >= 11 is 0. The van der Waals surface area contributed by atoms with E-state index in [0.29, 0.717) is 40.7 Å². The highest BCUT2D eigenvalue weighted by atomic mass is 16.5. The molecule has 5 fully saturated rings. The lowest BCUT2D eigenvalue weighted by Crippen LogP contribution is -2.54. The SMILES string of the molecule is CCN(CC)C[C@@H](C)CC[C@H]1O[C@H]2C[C@H]3[C@@H]4CC[C@@H]5CC(=O)CC[C@]5(C)[C@H]4CC[C@]3(C)[C@H]2[C@@H]1C. The van der Waals surface area contributed by atoms with E-state index in [-0.39, 0.29) is 0 Å². The number of rotatable bonds is 7. The Hall–Kier alpha value is -0.410. The van der Waals surface area contributed by atoms with Gasteiger partial charge in [-0.2, -0.15) is 0 Å². The second-order valence-electron chi connectivity index (χ2n) is 13.9. The van der Waals surface area contributed by atoms with Gasteiger partial charge in [0.2, 0.25) is 0 Å². The minimum absolute atomic E-state index is 0.422. The van der Waals surface area contributed by atoms with Crippen molar-refractivity contribution in [2.24, 2.45) is 52.3 Å². The summed E-state index contributed by atoms with van der Waals surface area (Å²) in [5.41, 5.74) is 0.895. The van der Waals surface area contributed by atoms with Crippen LogP contribution in [0.15, 0.2) is 0 Å². The van der Waals surface area contributed by atoms with Crippen LogP contribution in [0.1, 0.15) is 106 Å². The molecule has 34 heavy (non-hydrogen) atoms. The highest BCUT2D eigenvalue weighted by Crippen LogP contribution is 2.69. The minimum Gasteiger partial charge on any atom is -0.374 e. The molecule has 1 heterocycles. The number of nitrogens with zero attached hydrogens (tertiary/aromatic N) is 1. The zero-order valence-electron chi connectivity index (χ0n) is 23.2. The van der Waals surface area contributed by atoms with Crippen LogP contribution in [0.2, 0.25) is 0 Å². The van der Waals surface area contributed by atoms with Crippen LogP contribution in [-0.2, 0) is 9.53 Å². The van der Waals surface area contributed by atoms with Crippen molar-refractivity contribution in [2.75, 3.05) is 19.6 Å². The summed E-state index contributed by atoms with van der Waals surface area (Å²) < 4.78 is 6.93. The van der Waals surface area contributed by atoms with E-state index in [9.17, 15) is 4.79 Å². The summed E-state index contributed by atoms with van der Waals surface area (Å²) in [6.45, 7) is 18.4. The van der Waals surface area contributed by atoms with Crippen LogP contribution in [0.25, 0.3) is 0 Å². The van der Waals surface area contributed by atoms with E-state index < -0.39 is 0 Å². The molecule has 0 spiro atoms. The molecular weight excluding hydrogens is 418 g/mol. The van der Waals surface area contributed by atoms with Crippen LogP contribution in [0.5, 0.6) is 0 Å². The topological polar surface area (TPSA) is 29.5 Å². The first-order valence-electron chi connectivity index (χ1n) is 15.1. The number of carbonyl (C=O) groups is 1. The molecule has 11 atom stereocenters. The van der Waals surface area contributed by atoms with Gasteiger partial charge >= 0.3 is 0 Å². The fraction of sp³-hybridized carbons (Fsp3) is 0.968. The molecule has 0 N–H and O–H groups in total. The summed E-state index contributed by atoms with van der Waals surface area (Å²) in [5, 5.41) is 0. The first-order chi connectivity index (χ1) is 16.2. The van der Waals surface area contributed by atoms with E-state index in [1.807, 2.05) is 0 Å². The van der Waals surface area contributed by atoms with Gasteiger partial charge in [-0.3, -0.25) is 4.79 Å². The van der Waals surface area contributed by atoms with Gasteiger partial charge in [-0.1, -0.05) is 41.5 Å². The Kier molecular flexibility index (Phi) is 7.04. The Morgan fingerprint density at radius 2 is 1.82 bits per heavy atom. The van der Waals surface area contributed by atoms with Crippen LogP contribution in [0.3, 0.4) is 0 Å². The van der Waals surface area contributed by atoms with Crippen LogP contribution >= 0.6 is 0 Å². The lowest BCUT2D eigenvalue weighted by atomic mass is 9.44. The molecule has 3 nitrogen and oxygen atoms in total. The molecule has 5 aliphatic rings.